The van der Waals surface area contributed by atoms with Crippen molar-refractivity contribution in [3.63, 3.8) is 0 Å². The van der Waals surface area contributed by atoms with Crippen molar-refractivity contribution in [3.05, 3.63) is 35.9 Å². The Morgan fingerprint density at radius 3 is 2.78 bits per heavy atom. The van der Waals surface area contributed by atoms with E-state index in [1.54, 1.807) is 0 Å². The highest BCUT2D eigenvalue weighted by Gasteiger charge is 2.26. The van der Waals surface area contributed by atoms with Gasteiger partial charge in [-0.1, -0.05) is 43.2 Å². The molecule has 1 N–H and O–H groups in total. The van der Waals surface area contributed by atoms with E-state index in [0.29, 0.717) is 6.04 Å². The Morgan fingerprint density at radius 1 is 1.17 bits per heavy atom. The van der Waals surface area contributed by atoms with Crippen LogP contribution in [0.1, 0.15) is 24.8 Å². The number of piperazine rings is 1. The molecule has 0 bridgehead atoms. The van der Waals surface area contributed by atoms with Crippen LogP contribution >= 0.6 is 0 Å². The normalized spacial score (nSPS) is 25.2. The van der Waals surface area contributed by atoms with E-state index in [0.717, 1.165) is 19.0 Å². The molecule has 2 fully saturated rings. The van der Waals surface area contributed by atoms with Crippen LogP contribution in [0.25, 0.3) is 0 Å². The summed E-state index contributed by atoms with van der Waals surface area (Å²) in [5.41, 5.74) is 1.47. The largest absolute Gasteiger partial charge is 0.314 e. The van der Waals surface area contributed by atoms with Crippen LogP contribution in [0.2, 0.25) is 0 Å². The van der Waals surface area contributed by atoms with Crippen LogP contribution in [0.4, 0.5) is 0 Å². The maximum absolute atomic E-state index is 3.55. The van der Waals surface area contributed by atoms with Crippen LogP contribution < -0.4 is 5.32 Å². The molecule has 1 aromatic rings. The zero-order chi connectivity index (χ0) is 12.2. The second-order valence-corrected chi connectivity index (χ2v) is 5.82. The molecule has 1 saturated carbocycles. The van der Waals surface area contributed by atoms with Crippen LogP contribution in [0.3, 0.4) is 0 Å². The molecule has 2 nitrogen and oxygen atoms in total. The first-order valence-corrected chi connectivity index (χ1v) is 7.40. The number of benzene rings is 1. The highest BCUT2D eigenvalue weighted by molar-refractivity contribution is 5.16. The molecule has 0 aromatic heterocycles. The van der Waals surface area contributed by atoms with Crippen molar-refractivity contribution < 1.29 is 0 Å². The fraction of sp³-hybridized carbons (Fsp3) is 0.625. The van der Waals surface area contributed by atoms with Gasteiger partial charge in [-0.15, -0.1) is 0 Å². The van der Waals surface area contributed by atoms with Gasteiger partial charge in [0.15, 0.2) is 0 Å². The van der Waals surface area contributed by atoms with Crippen molar-refractivity contribution in [2.45, 2.75) is 31.7 Å². The van der Waals surface area contributed by atoms with Crippen molar-refractivity contribution in [1.29, 1.82) is 0 Å². The molecule has 2 heteroatoms. The molecular formula is C16H24N2. The molecule has 18 heavy (non-hydrogen) atoms. The Kier molecular flexibility index (Phi) is 3.96. The van der Waals surface area contributed by atoms with Gasteiger partial charge in [0.05, 0.1) is 0 Å². The van der Waals surface area contributed by atoms with Crippen molar-refractivity contribution >= 4 is 0 Å². The highest BCUT2D eigenvalue weighted by Crippen LogP contribution is 2.32. The summed E-state index contributed by atoms with van der Waals surface area (Å²) in [4.78, 5) is 2.71. The Labute approximate surface area is 110 Å². The van der Waals surface area contributed by atoms with Crippen molar-refractivity contribution in [1.82, 2.24) is 10.2 Å². The van der Waals surface area contributed by atoms with Crippen molar-refractivity contribution in [2.24, 2.45) is 5.92 Å². The standard InChI is InChI=1S/C16H24N2/c1-2-4-15(5-3-1)12-16-13-17-9-11-18(16)10-8-14-6-7-14/h1-5,14,16-17H,6-13H2. The molecule has 1 atom stereocenters. The van der Waals surface area contributed by atoms with Crippen molar-refractivity contribution in [3.8, 4) is 0 Å². The summed E-state index contributed by atoms with van der Waals surface area (Å²) in [5, 5.41) is 3.55. The lowest BCUT2D eigenvalue weighted by Crippen LogP contribution is -2.52. The predicted molar refractivity (Wildman–Crippen MR) is 75.7 cm³/mol. The van der Waals surface area contributed by atoms with E-state index in [1.807, 2.05) is 0 Å². The molecule has 1 aromatic carbocycles. The van der Waals surface area contributed by atoms with Crippen LogP contribution in [-0.4, -0.2) is 37.1 Å². The Morgan fingerprint density at radius 2 is 2.00 bits per heavy atom. The van der Waals surface area contributed by atoms with Gasteiger partial charge in [-0.25, -0.2) is 0 Å². The molecule has 1 aliphatic heterocycles. The fourth-order valence-electron chi connectivity index (χ4n) is 2.94. The SMILES string of the molecule is c1ccc(CC2CNCCN2CCC2CC2)cc1. The lowest BCUT2D eigenvalue weighted by Gasteiger charge is -2.36. The van der Waals surface area contributed by atoms with E-state index in [4.69, 9.17) is 0 Å². The van der Waals surface area contributed by atoms with E-state index in [-0.39, 0.29) is 0 Å². The monoisotopic (exact) mass is 244 g/mol. The van der Waals surface area contributed by atoms with Gasteiger partial charge in [0, 0.05) is 25.7 Å². The molecule has 98 valence electrons. The lowest BCUT2D eigenvalue weighted by atomic mass is 10.0. The summed E-state index contributed by atoms with van der Waals surface area (Å²) in [6.07, 6.45) is 5.58. The average Bonchev–Trinajstić information content (AvgIpc) is 3.23. The number of hydrogen-bond acceptors (Lipinski definition) is 2. The van der Waals surface area contributed by atoms with Gasteiger partial charge in [0.2, 0.25) is 0 Å². The second-order valence-electron chi connectivity index (χ2n) is 5.82. The van der Waals surface area contributed by atoms with E-state index < -0.39 is 0 Å². The zero-order valence-electron chi connectivity index (χ0n) is 11.1. The molecule has 1 heterocycles. The van der Waals surface area contributed by atoms with Crippen LogP contribution in [-0.2, 0) is 6.42 Å². The molecule has 0 amide bonds. The topological polar surface area (TPSA) is 15.3 Å². The summed E-state index contributed by atoms with van der Waals surface area (Å²) in [6, 6.07) is 11.6. The van der Waals surface area contributed by atoms with Gasteiger partial charge in [0.1, 0.15) is 0 Å². The van der Waals surface area contributed by atoms with Crippen LogP contribution in [0, 0.1) is 5.92 Å². The molecular weight excluding hydrogens is 220 g/mol. The van der Waals surface area contributed by atoms with Crippen molar-refractivity contribution in [2.75, 3.05) is 26.2 Å². The van der Waals surface area contributed by atoms with E-state index in [1.165, 1.54) is 44.3 Å². The van der Waals surface area contributed by atoms with Gasteiger partial charge in [-0.2, -0.15) is 0 Å². The molecule has 0 spiro atoms. The summed E-state index contributed by atoms with van der Waals surface area (Å²) in [5.74, 6) is 1.05. The lowest BCUT2D eigenvalue weighted by molar-refractivity contribution is 0.156. The maximum Gasteiger partial charge on any atom is 0.0261 e. The number of rotatable bonds is 5. The molecule has 0 radical (unpaired) electrons. The first-order chi connectivity index (χ1) is 8.92. The molecule has 2 aliphatic rings. The van der Waals surface area contributed by atoms with Gasteiger partial charge in [-0.05, 0) is 30.9 Å². The first kappa shape index (κ1) is 12.2. The Bertz CT molecular complexity index is 359. The number of nitrogens with one attached hydrogen (secondary N) is 1. The van der Waals surface area contributed by atoms with Gasteiger partial charge in [0.25, 0.3) is 0 Å². The van der Waals surface area contributed by atoms with Gasteiger partial charge < -0.3 is 5.32 Å². The molecule has 1 unspecified atom stereocenters. The fourth-order valence-corrected chi connectivity index (χ4v) is 2.94. The predicted octanol–water partition coefficient (Wildman–Crippen LogP) is 2.30. The van der Waals surface area contributed by atoms with Crippen LogP contribution in [0.5, 0.6) is 0 Å². The minimum Gasteiger partial charge on any atom is -0.314 e. The number of hydrogen-bond donors (Lipinski definition) is 1. The highest BCUT2D eigenvalue weighted by atomic mass is 15.2. The third-order valence-corrected chi connectivity index (χ3v) is 4.31. The summed E-state index contributed by atoms with van der Waals surface area (Å²) < 4.78 is 0. The summed E-state index contributed by atoms with van der Waals surface area (Å²) in [6.45, 7) is 4.85. The van der Waals surface area contributed by atoms with Gasteiger partial charge in [-0.3, -0.25) is 4.90 Å². The van der Waals surface area contributed by atoms with E-state index >= 15 is 0 Å². The third-order valence-electron chi connectivity index (χ3n) is 4.31. The first-order valence-electron chi connectivity index (χ1n) is 7.40. The summed E-state index contributed by atoms with van der Waals surface area (Å²) in [7, 11) is 0. The Balaban J connectivity index is 1.56. The third kappa shape index (κ3) is 3.33. The second kappa shape index (κ2) is 5.85. The minimum atomic E-state index is 0.694. The Hall–Kier alpha value is -0.860. The average molecular weight is 244 g/mol. The van der Waals surface area contributed by atoms with Gasteiger partial charge >= 0.3 is 0 Å². The maximum atomic E-state index is 3.55. The van der Waals surface area contributed by atoms with Crippen LogP contribution in [0.15, 0.2) is 30.3 Å². The summed E-state index contributed by atoms with van der Waals surface area (Å²) >= 11 is 0. The molecule has 1 aliphatic carbocycles. The van der Waals surface area contributed by atoms with E-state index in [9.17, 15) is 0 Å². The molecule has 1 saturated heterocycles. The van der Waals surface area contributed by atoms with E-state index in [2.05, 4.69) is 40.5 Å². The minimum absolute atomic E-state index is 0.694. The molecule has 3 rings (SSSR count). The quantitative estimate of drug-likeness (QED) is 0.855. The number of nitrogens with zero attached hydrogens (tertiary/aromatic N) is 1. The smallest absolute Gasteiger partial charge is 0.0261 e. The zero-order valence-corrected chi connectivity index (χ0v) is 11.1.